The van der Waals surface area contributed by atoms with Gasteiger partial charge in [-0.05, 0) is 45.0 Å². The fraction of sp³-hybridized carbons (Fsp3) is 0.571. The van der Waals surface area contributed by atoms with Crippen molar-refractivity contribution in [1.29, 1.82) is 0 Å². The number of benzene rings is 1. The first-order valence-corrected chi connectivity index (χ1v) is 7.01. The molecule has 1 aromatic carbocycles. The molecule has 1 fully saturated rings. The number of hydrogen-bond donors (Lipinski definition) is 1. The topological polar surface area (TPSA) is 15.3 Å². The summed E-state index contributed by atoms with van der Waals surface area (Å²) in [7, 11) is 1.91. The Morgan fingerprint density at radius 3 is 2.60 bits per heavy atom. The van der Waals surface area contributed by atoms with Crippen molar-refractivity contribution >= 4 is 17.3 Å². The Balaban J connectivity index is 2.28. The van der Waals surface area contributed by atoms with Gasteiger partial charge >= 0.3 is 6.18 Å². The van der Waals surface area contributed by atoms with E-state index in [4.69, 9.17) is 11.6 Å². The van der Waals surface area contributed by atoms with Gasteiger partial charge in [0.05, 0.1) is 16.3 Å². The SMILES string of the molecule is CNC1CCN(c2cc(C(F)(F)F)ccc2Cl)C(C)C1. The van der Waals surface area contributed by atoms with Crippen LogP contribution in [0.4, 0.5) is 18.9 Å². The van der Waals surface area contributed by atoms with Crippen LogP contribution in [-0.4, -0.2) is 25.7 Å². The summed E-state index contributed by atoms with van der Waals surface area (Å²) in [5.41, 5.74) is -0.177. The fourth-order valence-electron chi connectivity index (χ4n) is 2.70. The minimum absolute atomic E-state index is 0.155. The first-order chi connectivity index (χ1) is 9.32. The van der Waals surface area contributed by atoms with Gasteiger partial charge in [0.25, 0.3) is 0 Å². The summed E-state index contributed by atoms with van der Waals surface area (Å²) in [5, 5.41) is 3.59. The molecule has 1 aliphatic rings. The fourth-order valence-corrected chi connectivity index (χ4v) is 2.93. The average molecular weight is 307 g/mol. The summed E-state index contributed by atoms with van der Waals surface area (Å²) in [4.78, 5) is 1.96. The highest BCUT2D eigenvalue weighted by molar-refractivity contribution is 6.33. The molecule has 1 aliphatic heterocycles. The zero-order valence-corrected chi connectivity index (χ0v) is 12.2. The number of hydrogen-bond acceptors (Lipinski definition) is 2. The highest BCUT2D eigenvalue weighted by atomic mass is 35.5. The quantitative estimate of drug-likeness (QED) is 0.890. The molecule has 0 aliphatic carbocycles. The van der Waals surface area contributed by atoms with E-state index in [0.717, 1.165) is 25.0 Å². The summed E-state index contributed by atoms with van der Waals surface area (Å²) < 4.78 is 38.4. The van der Waals surface area contributed by atoms with Gasteiger partial charge < -0.3 is 10.2 Å². The maximum atomic E-state index is 12.8. The Kier molecular flexibility index (Phi) is 4.49. The monoisotopic (exact) mass is 306 g/mol. The first kappa shape index (κ1) is 15.4. The summed E-state index contributed by atoms with van der Waals surface area (Å²) in [6, 6.07) is 4.07. The Morgan fingerprint density at radius 2 is 2.05 bits per heavy atom. The lowest BCUT2D eigenvalue weighted by molar-refractivity contribution is -0.137. The van der Waals surface area contributed by atoms with Crippen LogP contribution in [0.3, 0.4) is 0 Å². The molecule has 0 saturated carbocycles. The molecule has 2 unspecified atom stereocenters. The molecule has 2 nitrogen and oxygen atoms in total. The van der Waals surface area contributed by atoms with E-state index in [0.29, 0.717) is 23.3 Å². The van der Waals surface area contributed by atoms with Gasteiger partial charge in [-0.25, -0.2) is 0 Å². The lowest BCUT2D eigenvalue weighted by atomic mass is 9.97. The molecule has 1 saturated heterocycles. The number of nitrogens with one attached hydrogen (secondary N) is 1. The molecule has 1 aromatic rings. The number of nitrogens with zero attached hydrogens (tertiary/aromatic N) is 1. The Morgan fingerprint density at radius 1 is 1.35 bits per heavy atom. The van der Waals surface area contributed by atoms with E-state index in [1.165, 1.54) is 6.07 Å². The number of rotatable bonds is 2. The lowest BCUT2D eigenvalue weighted by Crippen LogP contribution is -2.46. The zero-order valence-electron chi connectivity index (χ0n) is 11.5. The van der Waals surface area contributed by atoms with Crippen LogP contribution in [-0.2, 0) is 6.18 Å². The standard InChI is InChI=1S/C14H18ClF3N2/c1-9-7-11(19-2)5-6-20(9)13-8-10(14(16,17)18)3-4-12(13)15/h3-4,8-9,11,19H,5-7H2,1-2H3. The lowest BCUT2D eigenvalue weighted by Gasteiger charge is -2.39. The molecule has 0 amide bonds. The van der Waals surface area contributed by atoms with Gasteiger partial charge in [-0.2, -0.15) is 13.2 Å². The van der Waals surface area contributed by atoms with Crippen LogP contribution in [0.5, 0.6) is 0 Å². The van der Waals surface area contributed by atoms with Gasteiger partial charge in [0.2, 0.25) is 0 Å². The highest BCUT2D eigenvalue weighted by Gasteiger charge is 2.33. The smallest absolute Gasteiger partial charge is 0.367 e. The number of halogens is 4. The summed E-state index contributed by atoms with van der Waals surface area (Å²) >= 11 is 6.09. The largest absolute Gasteiger partial charge is 0.416 e. The Bertz CT molecular complexity index is 476. The van der Waals surface area contributed by atoms with Crippen molar-refractivity contribution in [2.75, 3.05) is 18.5 Å². The molecule has 20 heavy (non-hydrogen) atoms. The number of anilines is 1. The van der Waals surface area contributed by atoms with E-state index in [1.54, 1.807) is 0 Å². The van der Waals surface area contributed by atoms with Crippen LogP contribution >= 0.6 is 11.6 Å². The van der Waals surface area contributed by atoms with Crippen LogP contribution in [0, 0.1) is 0 Å². The van der Waals surface area contributed by atoms with Crippen molar-refractivity contribution in [2.24, 2.45) is 0 Å². The molecule has 0 aromatic heterocycles. The van der Waals surface area contributed by atoms with E-state index in [1.807, 2.05) is 18.9 Å². The van der Waals surface area contributed by atoms with Crippen molar-refractivity contribution in [1.82, 2.24) is 5.32 Å². The third kappa shape index (κ3) is 3.20. The summed E-state index contributed by atoms with van der Waals surface area (Å²) in [6.45, 7) is 2.72. The Hall–Kier alpha value is -0.940. The minimum Gasteiger partial charge on any atom is -0.367 e. The van der Waals surface area contributed by atoms with Gasteiger partial charge in [-0.1, -0.05) is 11.6 Å². The minimum atomic E-state index is -4.34. The van der Waals surface area contributed by atoms with E-state index in [9.17, 15) is 13.2 Å². The van der Waals surface area contributed by atoms with Crippen molar-refractivity contribution in [2.45, 2.75) is 38.0 Å². The molecule has 112 valence electrons. The van der Waals surface area contributed by atoms with Crippen LogP contribution in [0.15, 0.2) is 18.2 Å². The second-order valence-corrected chi connectivity index (χ2v) is 5.62. The second kappa shape index (κ2) is 5.82. The highest BCUT2D eigenvalue weighted by Crippen LogP contribution is 2.37. The molecular weight excluding hydrogens is 289 g/mol. The van der Waals surface area contributed by atoms with Crippen molar-refractivity contribution < 1.29 is 13.2 Å². The predicted molar refractivity (Wildman–Crippen MR) is 75.3 cm³/mol. The maximum absolute atomic E-state index is 12.8. The molecule has 1 heterocycles. The van der Waals surface area contributed by atoms with Crippen LogP contribution < -0.4 is 10.2 Å². The number of alkyl halides is 3. The first-order valence-electron chi connectivity index (χ1n) is 6.63. The molecule has 6 heteroatoms. The van der Waals surface area contributed by atoms with E-state index >= 15 is 0 Å². The van der Waals surface area contributed by atoms with Crippen molar-refractivity contribution in [3.63, 3.8) is 0 Å². The van der Waals surface area contributed by atoms with Gasteiger partial charge in [-0.15, -0.1) is 0 Å². The number of piperidine rings is 1. The molecule has 0 bridgehead atoms. The van der Waals surface area contributed by atoms with Gasteiger partial charge in [0, 0.05) is 18.6 Å². The Labute approximate surface area is 121 Å². The molecule has 2 atom stereocenters. The third-order valence-corrected chi connectivity index (χ3v) is 4.19. The predicted octanol–water partition coefficient (Wildman–Crippen LogP) is 3.94. The van der Waals surface area contributed by atoms with E-state index in [2.05, 4.69) is 5.32 Å². The second-order valence-electron chi connectivity index (χ2n) is 5.22. The van der Waals surface area contributed by atoms with Gasteiger partial charge in [0.1, 0.15) is 0 Å². The molecular formula is C14H18ClF3N2. The molecule has 1 N–H and O–H groups in total. The van der Waals surface area contributed by atoms with E-state index in [-0.39, 0.29) is 6.04 Å². The van der Waals surface area contributed by atoms with Gasteiger partial charge in [-0.3, -0.25) is 0 Å². The van der Waals surface area contributed by atoms with Crippen LogP contribution in [0.25, 0.3) is 0 Å². The summed E-state index contributed by atoms with van der Waals surface area (Å²) in [5.74, 6) is 0. The van der Waals surface area contributed by atoms with Crippen molar-refractivity contribution in [3.8, 4) is 0 Å². The average Bonchev–Trinajstić information content (AvgIpc) is 2.38. The summed E-state index contributed by atoms with van der Waals surface area (Å²) in [6.07, 6.45) is -2.55. The normalized spacial score (nSPS) is 24.0. The molecule has 2 rings (SSSR count). The van der Waals surface area contributed by atoms with Crippen LogP contribution in [0.1, 0.15) is 25.3 Å². The maximum Gasteiger partial charge on any atom is 0.416 e. The molecule has 0 radical (unpaired) electrons. The van der Waals surface area contributed by atoms with Crippen molar-refractivity contribution in [3.05, 3.63) is 28.8 Å². The van der Waals surface area contributed by atoms with Crippen LogP contribution in [0.2, 0.25) is 5.02 Å². The van der Waals surface area contributed by atoms with E-state index < -0.39 is 11.7 Å². The van der Waals surface area contributed by atoms with Gasteiger partial charge in [0.15, 0.2) is 0 Å². The zero-order chi connectivity index (χ0) is 14.9. The third-order valence-electron chi connectivity index (χ3n) is 3.87. The molecule has 0 spiro atoms.